The average Bonchev–Trinajstić information content (AvgIpc) is 3.28. The zero-order chi connectivity index (χ0) is 16.8. The van der Waals surface area contributed by atoms with Crippen molar-refractivity contribution in [3.63, 3.8) is 0 Å². The lowest BCUT2D eigenvalue weighted by atomic mass is 10.0. The number of hydrogen-bond donors (Lipinski definition) is 3. The van der Waals surface area contributed by atoms with E-state index in [1.165, 1.54) is 17.1 Å². The number of H-pyrrole nitrogens is 2. The summed E-state index contributed by atoms with van der Waals surface area (Å²) in [5.74, 6) is 0. The van der Waals surface area contributed by atoms with Crippen molar-refractivity contribution in [3.05, 3.63) is 59.9 Å². The molecule has 0 fully saturated rings. The molecular weight excluding hydrogens is 330 g/mol. The lowest BCUT2D eigenvalue weighted by Crippen LogP contribution is -2.09. The lowest BCUT2D eigenvalue weighted by molar-refractivity contribution is 1.25. The van der Waals surface area contributed by atoms with E-state index in [9.17, 15) is 0 Å². The Morgan fingerprint density at radius 2 is 2.04 bits per heavy atom. The Bertz CT molecular complexity index is 1160. The zero-order valence-electron chi connectivity index (χ0n) is 13.3. The van der Waals surface area contributed by atoms with Crippen LogP contribution in [0.5, 0.6) is 0 Å². The number of aliphatic imine (C=N–C) groups is 1. The second-order valence-corrected chi connectivity index (χ2v) is 6.91. The number of rotatable bonds is 2. The third-order valence-electron chi connectivity index (χ3n) is 4.49. The first-order valence-corrected chi connectivity index (χ1v) is 8.86. The molecular formula is C19H15N5S. The minimum Gasteiger partial charge on any atom is -0.378 e. The average molecular weight is 345 g/mol. The first kappa shape index (κ1) is 14.4. The van der Waals surface area contributed by atoms with Crippen molar-refractivity contribution in [1.82, 2.24) is 15.0 Å². The molecule has 1 aliphatic rings. The molecule has 6 heteroatoms. The fourth-order valence-corrected chi connectivity index (χ4v) is 3.78. The van der Waals surface area contributed by atoms with Gasteiger partial charge in [0.25, 0.3) is 0 Å². The molecule has 0 saturated carbocycles. The van der Waals surface area contributed by atoms with Gasteiger partial charge in [-0.2, -0.15) is 0 Å². The molecule has 5 nitrogen and oxygen atoms in total. The number of pyridine rings is 1. The molecule has 4 N–H and O–H groups in total. The first-order valence-electron chi connectivity index (χ1n) is 7.98. The summed E-state index contributed by atoms with van der Waals surface area (Å²) in [6.45, 7) is 0.603. The second kappa shape index (κ2) is 5.53. The summed E-state index contributed by atoms with van der Waals surface area (Å²) in [5.41, 5.74) is 12.3. The third kappa shape index (κ3) is 2.42. The topological polar surface area (TPSA) is 82.8 Å². The van der Waals surface area contributed by atoms with E-state index in [-0.39, 0.29) is 0 Å². The summed E-state index contributed by atoms with van der Waals surface area (Å²) in [4.78, 5) is 15.4. The number of nitrogens with one attached hydrogen (secondary N) is 2. The number of aromatic amines is 2. The van der Waals surface area contributed by atoms with Crippen LogP contribution in [0.2, 0.25) is 0 Å². The molecule has 5 rings (SSSR count). The number of nitrogens with zero attached hydrogens (tertiary/aromatic N) is 2. The maximum absolute atomic E-state index is 5.75. The molecule has 122 valence electrons. The zero-order valence-corrected chi connectivity index (χ0v) is 14.1. The van der Waals surface area contributed by atoms with Crippen molar-refractivity contribution < 1.29 is 0 Å². The largest absolute Gasteiger partial charge is 0.378 e. The summed E-state index contributed by atoms with van der Waals surface area (Å²) < 4.78 is 0. The smallest absolute Gasteiger partial charge is 0.158 e. The number of hydrogen-bond acceptors (Lipinski definition) is 4. The van der Waals surface area contributed by atoms with E-state index in [1.54, 1.807) is 0 Å². The van der Waals surface area contributed by atoms with Crippen molar-refractivity contribution in [2.45, 2.75) is 0 Å². The summed E-state index contributed by atoms with van der Waals surface area (Å²) in [7, 11) is 0. The van der Waals surface area contributed by atoms with Crippen LogP contribution in [0.4, 0.5) is 0 Å². The van der Waals surface area contributed by atoms with Crippen LogP contribution >= 0.6 is 11.8 Å². The highest BCUT2D eigenvalue weighted by atomic mass is 32.2. The monoisotopic (exact) mass is 345 g/mol. The van der Waals surface area contributed by atoms with Gasteiger partial charge in [0, 0.05) is 40.6 Å². The van der Waals surface area contributed by atoms with Gasteiger partial charge in [-0.05, 0) is 46.2 Å². The Kier molecular flexibility index (Phi) is 3.18. The molecule has 25 heavy (non-hydrogen) atoms. The highest BCUT2D eigenvalue weighted by Crippen LogP contribution is 2.32. The van der Waals surface area contributed by atoms with Gasteiger partial charge in [0.05, 0.1) is 6.54 Å². The normalized spacial score (nSPS) is 14.7. The first-order chi connectivity index (χ1) is 12.3. The summed E-state index contributed by atoms with van der Waals surface area (Å²) in [6.07, 6.45) is 5.87. The van der Waals surface area contributed by atoms with Gasteiger partial charge >= 0.3 is 0 Å². The summed E-state index contributed by atoms with van der Waals surface area (Å²) in [6, 6.07) is 10.7. The van der Waals surface area contributed by atoms with Crippen LogP contribution in [0.1, 0.15) is 5.56 Å². The molecule has 0 aliphatic carbocycles. The Hall–Kier alpha value is -2.99. The predicted octanol–water partition coefficient (Wildman–Crippen LogP) is 4.11. The van der Waals surface area contributed by atoms with E-state index in [0.29, 0.717) is 11.7 Å². The fraction of sp³-hybridized carbons (Fsp3) is 0.0526. The standard InChI is InChI=1S/C19H15N5S/c20-19-24-8-14(10-25-19)16-9-23-18-15(16)6-13(7-22-18)11-1-2-17-12(5-11)3-4-21-17/h1-7,9-10,21H,8H2,(H2,20,24)(H,22,23). The van der Waals surface area contributed by atoms with Gasteiger partial charge in [-0.1, -0.05) is 17.8 Å². The van der Waals surface area contributed by atoms with Crippen LogP contribution < -0.4 is 5.73 Å². The highest BCUT2D eigenvalue weighted by molar-refractivity contribution is 8.16. The van der Waals surface area contributed by atoms with Gasteiger partial charge in [0.15, 0.2) is 5.17 Å². The second-order valence-electron chi connectivity index (χ2n) is 6.02. The van der Waals surface area contributed by atoms with Gasteiger partial charge in [-0.3, -0.25) is 4.99 Å². The number of aromatic nitrogens is 3. The number of benzene rings is 1. The Balaban J connectivity index is 1.62. The molecule has 0 amide bonds. The van der Waals surface area contributed by atoms with E-state index in [0.717, 1.165) is 38.8 Å². The van der Waals surface area contributed by atoms with Gasteiger partial charge in [0.2, 0.25) is 0 Å². The predicted molar refractivity (Wildman–Crippen MR) is 105 cm³/mol. The minimum atomic E-state index is 0.603. The van der Waals surface area contributed by atoms with Crippen LogP contribution in [0, 0.1) is 0 Å². The molecule has 0 atom stereocenters. The van der Waals surface area contributed by atoms with Crippen molar-refractivity contribution in [2.75, 3.05) is 6.54 Å². The molecule has 4 heterocycles. The van der Waals surface area contributed by atoms with Crippen LogP contribution in [0.25, 0.3) is 38.6 Å². The Labute approximate surface area is 148 Å². The van der Waals surface area contributed by atoms with E-state index >= 15 is 0 Å². The maximum Gasteiger partial charge on any atom is 0.158 e. The van der Waals surface area contributed by atoms with Crippen LogP contribution in [0.15, 0.2) is 59.3 Å². The molecule has 0 spiro atoms. The lowest BCUT2D eigenvalue weighted by Gasteiger charge is -2.09. The number of nitrogens with two attached hydrogens (primary N) is 1. The van der Waals surface area contributed by atoms with Crippen LogP contribution in [-0.2, 0) is 0 Å². The van der Waals surface area contributed by atoms with Crippen LogP contribution in [-0.4, -0.2) is 26.7 Å². The van der Waals surface area contributed by atoms with Gasteiger partial charge in [-0.25, -0.2) is 4.98 Å². The van der Waals surface area contributed by atoms with E-state index in [4.69, 9.17) is 5.73 Å². The molecule has 1 aromatic carbocycles. The maximum atomic E-state index is 5.75. The Morgan fingerprint density at radius 3 is 2.92 bits per heavy atom. The fourth-order valence-electron chi connectivity index (χ4n) is 3.18. The minimum absolute atomic E-state index is 0.603. The third-order valence-corrected chi connectivity index (χ3v) is 5.26. The van der Waals surface area contributed by atoms with Crippen molar-refractivity contribution >= 4 is 44.4 Å². The molecule has 0 radical (unpaired) electrons. The number of thioether (sulfide) groups is 1. The number of amidine groups is 1. The van der Waals surface area contributed by atoms with E-state index in [1.807, 2.05) is 18.6 Å². The van der Waals surface area contributed by atoms with Crippen molar-refractivity contribution in [2.24, 2.45) is 10.7 Å². The molecule has 4 aromatic rings. The molecule has 3 aromatic heterocycles. The van der Waals surface area contributed by atoms with Crippen molar-refractivity contribution in [1.29, 1.82) is 0 Å². The molecule has 0 saturated heterocycles. The SMILES string of the molecule is NC1=NCC(c2c[nH]c3ncc(-c4ccc5[nH]ccc5c4)cc23)=CS1. The summed E-state index contributed by atoms with van der Waals surface area (Å²) in [5, 5.41) is 4.99. The quantitative estimate of drug-likeness (QED) is 0.511. The highest BCUT2D eigenvalue weighted by Gasteiger charge is 2.13. The summed E-state index contributed by atoms with van der Waals surface area (Å²) >= 11 is 1.46. The molecule has 0 unspecified atom stereocenters. The molecule has 1 aliphatic heterocycles. The Morgan fingerprint density at radius 1 is 1.08 bits per heavy atom. The van der Waals surface area contributed by atoms with Gasteiger partial charge in [-0.15, -0.1) is 0 Å². The van der Waals surface area contributed by atoms with Gasteiger partial charge in [0.1, 0.15) is 5.65 Å². The number of fused-ring (bicyclic) bond motifs is 2. The molecule has 0 bridgehead atoms. The van der Waals surface area contributed by atoms with E-state index < -0.39 is 0 Å². The van der Waals surface area contributed by atoms with Gasteiger partial charge < -0.3 is 15.7 Å². The van der Waals surface area contributed by atoms with Crippen LogP contribution in [0.3, 0.4) is 0 Å². The van der Waals surface area contributed by atoms with Crippen molar-refractivity contribution in [3.8, 4) is 11.1 Å². The van der Waals surface area contributed by atoms with E-state index in [2.05, 4.69) is 55.7 Å².